The number of ether oxygens (including phenoxy) is 2. The molecule has 4 nitrogen and oxygen atoms in total. The van der Waals surface area contributed by atoms with Gasteiger partial charge < -0.3 is 14.8 Å². The molecule has 0 aliphatic carbocycles. The molecule has 0 atom stereocenters. The maximum atomic E-state index is 12.1. The van der Waals surface area contributed by atoms with Crippen molar-refractivity contribution in [3.8, 4) is 11.5 Å². The summed E-state index contributed by atoms with van der Waals surface area (Å²) in [7, 11) is 0. The molecule has 138 valence electrons. The molecule has 0 bridgehead atoms. The Kier molecular flexibility index (Phi) is 7.75. The predicted octanol–water partition coefficient (Wildman–Crippen LogP) is 4.40. The van der Waals surface area contributed by atoms with Crippen LogP contribution < -0.4 is 14.8 Å². The van der Waals surface area contributed by atoms with E-state index in [0.29, 0.717) is 18.7 Å². The molecule has 0 spiro atoms. The standard InChI is InChI=1S/C22H27NO3/c1-4-16-25-20-13-9-19(10-14-20)22(24)23-15-5-6-18-7-11-21(12-8-18)26-17(2)3/h4,7-14,17H,1,5-6,15-16H2,2-3H3,(H,23,24). The number of aryl methyl sites for hydroxylation is 1. The van der Waals surface area contributed by atoms with Gasteiger partial charge in [-0.1, -0.05) is 24.8 Å². The van der Waals surface area contributed by atoms with Crippen LogP contribution in [-0.4, -0.2) is 25.2 Å². The third kappa shape index (κ3) is 6.63. The number of hydrogen-bond acceptors (Lipinski definition) is 3. The Labute approximate surface area is 155 Å². The first-order valence-electron chi connectivity index (χ1n) is 8.96. The molecule has 0 saturated heterocycles. The SMILES string of the molecule is C=CCOc1ccc(C(=O)NCCCc2ccc(OC(C)C)cc2)cc1. The number of nitrogens with one attached hydrogen (secondary N) is 1. The van der Waals surface area contributed by atoms with E-state index in [9.17, 15) is 4.79 Å². The molecule has 0 aliphatic heterocycles. The van der Waals surface area contributed by atoms with Gasteiger partial charge in [0.25, 0.3) is 5.91 Å². The summed E-state index contributed by atoms with van der Waals surface area (Å²) in [6.45, 7) is 8.72. The van der Waals surface area contributed by atoms with Crippen molar-refractivity contribution in [3.63, 3.8) is 0 Å². The molecule has 0 radical (unpaired) electrons. The molecule has 4 heteroatoms. The van der Waals surface area contributed by atoms with Gasteiger partial charge in [0.15, 0.2) is 0 Å². The molecule has 26 heavy (non-hydrogen) atoms. The highest BCUT2D eigenvalue weighted by atomic mass is 16.5. The molecule has 0 aromatic heterocycles. The average molecular weight is 353 g/mol. The van der Waals surface area contributed by atoms with E-state index in [2.05, 4.69) is 24.0 Å². The minimum atomic E-state index is -0.0686. The van der Waals surface area contributed by atoms with Crippen LogP contribution in [0.1, 0.15) is 36.2 Å². The summed E-state index contributed by atoms with van der Waals surface area (Å²) in [5.74, 6) is 1.55. The normalized spacial score (nSPS) is 10.4. The molecule has 2 rings (SSSR count). The molecular formula is C22H27NO3. The van der Waals surface area contributed by atoms with Crippen LogP contribution in [0.3, 0.4) is 0 Å². The van der Waals surface area contributed by atoms with Crippen molar-refractivity contribution in [3.05, 3.63) is 72.3 Å². The second kappa shape index (κ2) is 10.3. The van der Waals surface area contributed by atoms with E-state index in [0.717, 1.165) is 24.3 Å². The number of amides is 1. The molecule has 0 fully saturated rings. The zero-order chi connectivity index (χ0) is 18.8. The molecule has 2 aromatic carbocycles. The van der Waals surface area contributed by atoms with E-state index in [1.165, 1.54) is 5.56 Å². The molecule has 0 saturated carbocycles. The summed E-state index contributed by atoms with van der Waals surface area (Å²) in [5.41, 5.74) is 1.87. The van der Waals surface area contributed by atoms with Crippen molar-refractivity contribution >= 4 is 5.91 Å². The summed E-state index contributed by atoms with van der Waals surface area (Å²) in [6, 6.07) is 15.2. The Morgan fingerprint density at radius 3 is 2.35 bits per heavy atom. The summed E-state index contributed by atoms with van der Waals surface area (Å²) in [4.78, 5) is 12.1. The van der Waals surface area contributed by atoms with E-state index in [1.807, 2.05) is 26.0 Å². The lowest BCUT2D eigenvalue weighted by Gasteiger charge is -2.10. The van der Waals surface area contributed by atoms with Gasteiger partial charge >= 0.3 is 0 Å². The van der Waals surface area contributed by atoms with Crippen molar-refractivity contribution in [1.29, 1.82) is 0 Å². The van der Waals surface area contributed by atoms with Gasteiger partial charge in [0, 0.05) is 12.1 Å². The Balaban J connectivity index is 1.71. The lowest BCUT2D eigenvalue weighted by atomic mass is 10.1. The van der Waals surface area contributed by atoms with Crippen LogP contribution in [0.2, 0.25) is 0 Å². The predicted molar refractivity (Wildman–Crippen MR) is 105 cm³/mol. The molecular weight excluding hydrogens is 326 g/mol. The van der Waals surface area contributed by atoms with Gasteiger partial charge in [0.1, 0.15) is 18.1 Å². The third-order valence-corrected chi connectivity index (χ3v) is 3.71. The highest BCUT2D eigenvalue weighted by Crippen LogP contribution is 2.15. The number of carbonyl (C=O) groups excluding carboxylic acids is 1. The topological polar surface area (TPSA) is 47.6 Å². The molecule has 0 unspecified atom stereocenters. The zero-order valence-corrected chi connectivity index (χ0v) is 15.5. The quantitative estimate of drug-likeness (QED) is 0.509. The van der Waals surface area contributed by atoms with Crippen molar-refractivity contribution in [2.75, 3.05) is 13.2 Å². The minimum absolute atomic E-state index is 0.0686. The second-order valence-electron chi connectivity index (χ2n) is 6.29. The van der Waals surface area contributed by atoms with Crippen LogP contribution in [0, 0.1) is 0 Å². The first-order chi connectivity index (χ1) is 12.6. The molecule has 2 aromatic rings. The lowest BCUT2D eigenvalue weighted by Crippen LogP contribution is -2.24. The van der Waals surface area contributed by atoms with Gasteiger partial charge in [-0.2, -0.15) is 0 Å². The summed E-state index contributed by atoms with van der Waals surface area (Å²) >= 11 is 0. The maximum absolute atomic E-state index is 12.1. The Hall–Kier alpha value is -2.75. The molecule has 1 amide bonds. The van der Waals surface area contributed by atoms with Crippen LogP contribution in [0.15, 0.2) is 61.2 Å². The Morgan fingerprint density at radius 2 is 1.73 bits per heavy atom. The van der Waals surface area contributed by atoms with Gasteiger partial charge in [-0.3, -0.25) is 4.79 Å². The molecule has 0 heterocycles. The van der Waals surface area contributed by atoms with Crippen molar-refractivity contribution in [2.45, 2.75) is 32.8 Å². The fraction of sp³-hybridized carbons (Fsp3) is 0.318. The smallest absolute Gasteiger partial charge is 0.251 e. The molecule has 1 N–H and O–H groups in total. The highest BCUT2D eigenvalue weighted by Gasteiger charge is 2.05. The number of rotatable bonds is 10. The van der Waals surface area contributed by atoms with Crippen molar-refractivity contribution < 1.29 is 14.3 Å². The monoisotopic (exact) mass is 353 g/mol. The van der Waals surface area contributed by atoms with Gasteiger partial charge in [0.2, 0.25) is 0 Å². The van der Waals surface area contributed by atoms with Crippen LogP contribution >= 0.6 is 0 Å². The number of benzene rings is 2. The van der Waals surface area contributed by atoms with Crippen molar-refractivity contribution in [1.82, 2.24) is 5.32 Å². The fourth-order valence-corrected chi connectivity index (χ4v) is 2.46. The summed E-state index contributed by atoms with van der Waals surface area (Å²) < 4.78 is 11.0. The lowest BCUT2D eigenvalue weighted by molar-refractivity contribution is 0.0953. The molecule has 0 aliphatic rings. The minimum Gasteiger partial charge on any atom is -0.491 e. The Morgan fingerprint density at radius 1 is 1.08 bits per heavy atom. The van der Waals surface area contributed by atoms with Crippen LogP contribution in [0.4, 0.5) is 0 Å². The fourth-order valence-electron chi connectivity index (χ4n) is 2.46. The number of carbonyl (C=O) groups is 1. The average Bonchev–Trinajstić information content (AvgIpc) is 2.64. The zero-order valence-electron chi connectivity index (χ0n) is 15.5. The first kappa shape index (κ1) is 19.6. The van der Waals surface area contributed by atoms with Crippen molar-refractivity contribution in [2.24, 2.45) is 0 Å². The van der Waals surface area contributed by atoms with Gasteiger partial charge in [-0.15, -0.1) is 0 Å². The van der Waals surface area contributed by atoms with Gasteiger partial charge in [-0.25, -0.2) is 0 Å². The Bertz CT molecular complexity index is 690. The summed E-state index contributed by atoms with van der Waals surface area (Å²) in [5, 5.41) is 2.95. The van der Waals surface area contributed by atoms with Crippen LogP contribution in [-0.2, 0) is 6.42 Å². The number of hydrogen-bond donors (Lipinski definition) is 1. The van der Waals surface area contributed by atoms with E-state index >= 15 is 0 Å². The third-order valence-electron chi connectivity index (χ3n) is 3.71. The van der Waals surface area contributed by atoms with Crippen LogP contribution in [0.5, 0.6) is 11.5 Å². The van der Waals surface area contributed by atoms with Gasteiger partial charge in [-0.05, 0) is 68.7 Å². The largest absolute Gasteiger partial charge is 0.491 e. The van der Waals surface area contributed by atoms with E-state index in [1.54, 1.807) is 30.3 Å². The maximum Gasteiger partial charge on any atom is 0.251 e. The summed E-state index contributed by atoms with van der Waals surface area (Å²) in [6.07, 6.45) is 3.66. The second-order valence-corrected chi connectivity index (χ2v) is 6.29. The van der Waals surface area contributed by atoms with E-state index in [-0.39, 0.29) is 12.0 Å². The van der Waals surface area contributed by atoms with E-state index in [4.69, 9.17) is 9.47 Å². The van der Waals surface area contributed by atoms with E-state index < -0.39 is 0 Å². The van der Waals surface area contributed by atoms with Gasteiger partial charge in [0.05, 0.1) is 6.10 Å². The van der Waals surface area contributed by atoms with Crippen LogP contribution in [0.25, 0.3) is 0 Å². The highest BCUT2D eigenvalue weighted by molar-refractivity contribution is 5.94. The first-order valence-corrected chi connectivity index (χ1v) is 8.96.